The molecule has 15 heavy (non-hydrogen) atoms. The van der Waals surface area contributed by atoms with Crippen LogP contribution in [0.2, 0.25) is 0 Å². The number of benzene rings is 1. The van der Waals surface area contributed by atoms with Gasteiger partial charge in [-0.15, -0.1) is 18.3 Å². The quantitative estimate of drug-likeness (QED) is 0.720. The van der Waals surface area contributed by atoms with Gasteiger partial charge in [0, 0.05) is 11.6 Å². The highest BCUT2D eigenvalue weighted by atomic mass is 35.5. The number of hydrogen-bond donors (Lipinski definition) is 1. The van der Waals surface area contributed by atoms with Crippen LogP contribution in [-0.4, -0.2) is 6.54 Å². The van der Waals surface area contributed by atoms with Gasteiger partial charge in [-0.3, -0.25) is 0 Å². The van der Waals surface area contributed by atoms with Gasteiger partial charge in [-0.2, -0.15) is 0 Å². The summed E-state index contributed by atoms with van der Waals surface area (Å²) < 4.78 is 0. The first-order chi connectivity index (χ1) is 6.92. The van der Waals surface area contributed by atoms with Gasteiger partial charge in [-0.05, 0) is 37.9 Å². The lowest BCUT2D eigenvalue weighted by molar-refractivity contribution is 0.646. The summed E-state index contributed by atoms with van der Waals surface area (Å²) in [5, 5.41) is 3.50. The van der Waals surface area contributed by atoms with E-state index in [2.05, 4.69) is 41.4 Å². The Hall–Kier alpha value is -0.970. The van der Waals surface area contributed by atoms with Crippen LogP contribution in [0.1, 0.15) is 36.9 Å². The van der Waals surface area contributed by atoms with Crippen LogP contribution in [-0.2, 0) is 0 Å². The highest BCUT2D eigenvalue weighted by Gasteiger charge is 2.17. The average Bonchev–Trinajstić information content (AvgIpc) is 2.72. The molecule has 0 bridgehead atoms. The molecule has 1 aromatic carbocycles. The fraction of sp³-hybridized carbons (Fsp3) is 0.385. The lowest BCUT2D eigenvalue weighted by Gasteiger charge is -2.12. The van der Waals surface area contributed by atoms with E-state index in [4.69, 9.17) is 0 Å². The molecular weight excluding hydrogens is 206 g/mol. The Balaban J connectivity index is 0.00000112. The lowest BCUT2D eigenvalue weighted by atomic mass is 9.99. The minimum atomic E-state index is 0. The third-order valence-corrected chi connectivity index (χ3v) is 2.66. The van der Waals surface area contributed by atoms with E-state index in [1.165, 1.54) is 24.0 Å². The number of halogens is 1. The summed E-state index contributed by atoms with van der Waals surface area (Å²) >= 11 is 0. The van der Waals surface area contributed by atoms with Gasteiger partial charge in [-0.25, -0.2) is 0 Å². The molecule has 0 amide bonds. The van der Waals surface area contributed by atoms with Crippen molar-refractivity contribution in [2.24, 2.45) is 0 Å². The molecule has 1 aromatic rings. The molecule has 0 radical (unpaired) electrons. The number of rotatable bonds is 1. The molecule has 2 rings (SSSR count). The van der Waals surface area contributed by atoms with Crippen molar-refractivity contribution in [3.63, 3.8) is 0 Å². The fourth-order valence-electron chi connectivity index (χ4n) is 2.00. The van der Waals surface area contributed by atoms with Crippen LogP contribution in [0.15, 0.2) is 24.3 Å². The molecule has 80 valence electrons. The predicted octanol–water partition coefficient (Wildman–Crippen LogP) is 2.90. The summed E-state index contributed by atoms with van der Waals surface area (Å²) in [6.45, 7) is 3.03. The highest BCUT2D eigenvalue weighted by Crippen LogP contribution is 2.25. The Morgan fingerprint density at radius 1 is 1.33 bits per heavy atom. The number of hydrogen-bond acceptors (Lipinski definition) is 1. The molecule has 2 heteroatoms. The van der Waals surface area contributed by atoms with Crippen molar-refractivity contribution in [2.45, 2.75) is 25.8 Å². The van der Waals surface area contributed by atoms with E-state index >= 15 is 0 Å². The zero-order valence-electron chi connectivity index (χ0n) is 8.92. The van der Waals surface area contributed by atoms with E-state index in [1.54, 1.807) is 0 Å². The summed E-state index contributed by atoms with van der Waals surface area (Å²) in [7, 11) is 0. The van der Waals surface area contributed by atoms with E-state index in [-0.39, 0.29) is 12.4 Å². The second kappa shape index (κ2) is 5.80. The van der Waals surface area contributed by atoms with E-state index < -0.39 is 0 Å². The molecule has 0 aliphatic carbocycles. The molecule has 0 spiro atoms. The molecule has 1 aliphatic rings. The van der Waals surface area contributed by atoms with Crippen molar-refractivity contribution < 1.29 is 0 Å². The SMILES string of the molecule is CC#Cc1ccccc1[C@@H]1CCCN1.Cl. The summed E-state index contributed by atoms with van der Waals surface area (Å²) in [4.78, 5) is 0. The Morgan fingerprint density at radius 3 is 2.80 bits per heavy atom. The van der Waals surface area contributed by atoms with Crippen molar-refractivity contribution in [3.8, 4) is 11.8 Å². The largest absolute Gasteiger partial charge is 0.310 e. The van der Waals surface area contributed by atoms with Crippen molar-refractivity contribution in [2.75, 3.05) is 6.54 Å². The van der Waals surface area contributed by atoms with Crippen LogP contribution in [0.5, 0.6) is 0 Å². The highest BCUT2D eigenvalue weighted by molar-refractivity contribution is 5.85. The first-order valence-electron chi connectivity index (χ1n) is 5.17. The molecule has 1 saturated heterocycles. The molecule has 1 aliphatic heterocycles. The summed E-state index contributed by atoms with van der Waals surface area (Å²) in [6, 6.07) is 8.95. The van der Waals surface area contributed by atoms with E-state index in [0.29, 0.717) is 6.04 Å². The molecule has 1 fully saturated rings. The molecule has 0 saturated carbocycles. The Kier molecular flexibility index (Phi) is 4.68. The third-order valence-electron chi connectivity index (χ3n) is 2.66. The van der Waals surface area contributed by atoms with E-state index in [0.717, 1.165) is 6.54 Å². The van der Waals surface area contributed by atoms with E-state index in [1.807, 2.05) is 6.92 Å². The second-order valence-electron chi connectivity index (χ2n) is 3.61. The van der Waals surface area contributed by atoms with Crippen LogP contribution >= 0.6 is 12.4 Å². The van der Waals surface area contributed by atoms with Crippen molar-refractivity contribution in [1.82, 2.24) is 5.32 Å². The van der Waals surface area contributed by atoms with Crippen molar-refractivity contribution in [1.29, 1.82) is 0 Å². The zero-order valence-corrected chi connectivity index (χ0v) is 9.73. The minimum absolute atomic E-state index is 0. The first kappa shape index (κ1) is 12.1. The van der Waals surface area contributed by atoms with Gasteiger partial charge in [0.2, 0.25) is 0 Å². The van der Waals surface area contributed by atoms with Crippen LogP contribution in [0, 0.1) is 11.8 Å². The summed E-state index contributed by atoms with van der Waals surface area (Å²) in [5.41, 5.74) is 2.54. The van der Waals surface area contributed by atoms with Crippen molar-refractivity contribution >= 4 is 12.4 Å². The van der Waals surface area contributed by atoms with Gasteiger partial charge in [-0.1, -0.05) is 24.1 Å². The molecule has 0 unspecified atom stereocenters. The molecular formula is C13H16ClN. The van der Waals surface area contributed by atoms with Crippen LogP contribution in [0.25, 0.3) is 0 Å². The molecule has 1 heterocycles. The number of nitrogens with one attached hydrogen (secondary N) is 1. The summed E-state index contributed by atoms with van der Waals surface area (Å²) in [5.74, 6) is 6.13. The smallest absolute Gasteiger partial charge is 0.0333 e. The normalized spacial score (nSPS) is 18.9. The maximum absolute atomic E-state index is 3.50. The Morgan fingerprint density at radius 2 is 2.13 bits per heavy atom. The van der Waals surface area contributed by atoms with Crippen LogP contribution in [0.4, 0.5) is 0 Å². The monoisotopic (exact) mass is 221 g/mol. The minimum Gasteiger partial charge on any atom is -0.310 e. The topological polar surface area (TPSA) is 12.0 Å². The molecule has 1 atom stereocenters. The third kappa shape index (κ3) is 2.75. The zero-order chi connectivity index (χ0) is 9.80. The molecule has 0 aromatic heterocycles. The average molecular weight is 222 g/mol. The predicted molar refractivity (Wildman–Crippen MR) is 66.2 cm³/mol. The molecule has 1 N–H and O–H groups in total. The van der Waals surface area contributed by atoms with Crippen LogP contribution in [0.3, 0.4) is 0 Å². The van der Waals surface area contributed by atoms with Gasteiger partial charge in [0.05, 0.1) is 0 Å². The Bertz CT molecular complexity index is 370. The molecule has 1 nitrogen and oxygen atoms in total. The fourth-order valence-corrected chi connectivity index (χ4v) is 2.00. The maximum atomic E-state index is 3.50. The standard InChI is InChI=1S/C13H15N.ClH/c1-2-6-11-7-3-4-8-12(11)13-9-5-10-14-13;/h3-4,7-8,13-14H,5,9-10H2,1H3;1H/t13-;/m0./s1. The van der Waals surface area contributed by atoms with Crippen LogP contribution < -0.4 is 5.32 Å². The van der Waals surface area contributed by atoms with Crippen molar-refractivity contribution in [3.05, 3.63) is 35.4 Å². The van der Waals surface area contributed by atoms with Gasteiger partial charge in [0.15, 0.2) is 0 Å². The first-order valence-corrected chi connectivity index (χ1v) is 5.17. The summed E-state index contributed by atoms with van der Waals surface area (Å²) in [6.07, 6.45) is 2.51. The lowest BCUT2D eigenvalue weighted by Crippen LogP contribution is -2.13. The van der Waals surface area contributed by atoms with E-state index in [9.17, 15) is 0 Å². The maximum Gasteiger partial charge on any atom is 0.0333 e. The van der Waals surface area contributed by atoms with Gasteiger partial charge in [0.1, 0.15) is 0 Å². The second-order valence-corrected chi connectivity index (χ2v) is 3.61. The van der Waals surface area contributed by atoms with Gasteiger partial charge < -0.3 is 5.32 Å². The Labute approximate surface area is 97.7 Å². The van der Waals surface area contributed by atoms with Gasteiger partial charge in [0.25, 0.3) is 0 Å². The van der Waals surface area contributed by atoms with Gasteiger partial charge >= 0.3 is 0 Å².